The number of alkyl halides is 3. The number of rotatable bonds is 8. The number of ether oxygens (including phenoxy) is 1. The van der Waals surface area contributed by atoms with Crippen LogP contribution in [0.5, 0.6) is 5.75 Å². The molecule has 2 rings (SSSR count). The van der Waals surface area contributed by atoms with Gasteiger partial charge in [-0.2, -0.15) is 13.2 Å². The summed E-state index contributed by atoms with van der Waals surface area (Å²) in [7, 11) is 1.61. The molecule has 0 aliphatic rings. The molecule has 0 spiro atoms. The largest absolute Gasteiger partial charge is 0.484 e. The third-order valence-corrected chi connectivity index (χ3v) is 3.64. The van der Waals surface area contributed by atoms with Crippen LogP contribution in [0.4, 0.5) is 13.2 Å². The van der Waals surface area contributed by atoms with Crippen molar-refractivity contribution in [3.63, 3.8) is 0 Å². The molecule has 1 amide bonds. The number of amides is 1. The molecule has 0 radical (unpaired) electrons. The maximum atomic E-state index is 12.1. The Hall–Kier alpha value is -3.30. The molecule has 0 saturated heterocycles. The summed E-state index contributed by atoms with van der Waals surface area (Å²) in [6.45, 7) is -0.0602. The molecule has 0 aliphatic carbocycles. The highest BCUT2D eigenvalue weighted by molar-refractivity contribution is 5.93. The van der Waals surface area contributed by atoms with E-state index >= 15 is 0 Å². The summed E-state index contributed by atoms with van der Waals surface area (Å²) in [5.74, 6) is 0.464. The SMILES string of the molecule is CN=C(NCCNC(=O)c1cccnc1)NCc1ccc(OCC(F)(F)F)cc1. The van der Waals surface area contributed by atoms with Crippen LogP contribution in [-0.2, 0) is 6.54 Å². The molecule has 1 aromatic heterocycles. The number of guanidine groups is 1. The minimum absolute atomic E-state index is 0.151. The summed E-state index contributed by atoms with van der Waals surface area (Å²) < 4.78 is 41.1. The van der Waals surface area contributed by atoms with Crippen LogP contribution >= 0.6 is 0 Å². The van der Waals surface area contributed by atoms with Crippen molar-refractivity contribution in [1.82, 2.24) is 20.9 Å². The number of nitrogens with zero attached hydrogens (tertiary/aromatic N) is 2. The summed E-state index contributed by atoms with van der Waals surface area (Å²) in [5, 5.41) is 8.89. The van der Waals surface area contributed by atoms with E-state index in [0.29, 0.717) is 31.2 Å². The van der Waals surface area contributed by atoms with Crippen LogP contribution in [-0.4, -0.2) is 49.8 Å². The highest BCUT2D eigenvalue weighted by atomic mass is 19.4. The fraction of sp³-hybridized carbons (Fsp3) is 0.316. The third kappa shape index (κ3) is 8.50. The standard InChI is InChI=1S/C19H22F3N5O2/c1-23-18(26-10-9-25-17(28)15-3-2-8-24-12-15)27-11-14-4-6-16(7-5-14)29-13-19(20,21)22/h2-8,12H,9-11,13H2,1H3,(H,25,28)(H2,23,26,27). The number of pyridine rings is 1. The third-order valence-electron chi connectivity index (χ3n) is 3.64. The number of halogens is 3. The molecule has 156 valence electrons. The van der Waals surface area contributed by atoms with E-state index in [9.17, 15) is 18.0 Å². The van der Waals surface area contributed by atoms with Crippen molar-refractivity contribution in [3.05, 3.63) is 59.9 Å². The van der Waals surface area contributed by atoms with Crippen LogP contribution < -0.4 is 20.7 Å². The molecule has 1 aromatic carbocycles. The fourth-order valence-electron chi connectivity index (χ4n) is 2.23. The highest BCUT2D eigenvalue weighted by Gasteiger charge is 2.28. The maximum absolute atomic E-state index is 12.1. The average Bonchev–Trinajstić information content (AvgIpc) is 2.72. The first kappa shape index (κ1) is 22.0. The number of hydrogen-bond acceptors (Lipinski definition) is 4. The van der Waals surface area contributed by atoms with Gasteiger partial charge in [0.1, 0.15) is 5.75 Å². The summed E-state index contributed by atoms with van der Waals surface area (Å²) in [6, 6.07) is 9.66. The van der Waals surface area contributed by atoms with Crippen molar-refractivity contribution in [2.24, 2.45) is 4.99 Å². The minimum atomic E-state index is -4.37. The van der Waals surface area contributed by atoms with Crippen LogP contribution in [0.15, 0.2) is 53.8 Å². The van der Waals surface area contributed by atoms with Crippen molar-refractivity contribution >= 4 is 11.9 Å². The molecule has 2 aromatic rings. The predicted molar refractivity (Wildman–Crippen MR) is 103 cm³/mol. The Morgan fingerprint density at radius 2 is 1.83 bits per heavy atom. The Kier molecular flexibility index (Phi) is 8.26. The van der Waals surface area contributed by atoms with Crippen LogP contribution in [0.1, 0.15) is 15.9 Å². The molecule has 0 fully saturated rings. The summed E-state index contributed by atoms with van der Waals surface area (Å²) in [5.41, 5.74) is 1.33. The number of carbonyl (C=O) groups is 1. The number of aliphatic imine (C=N–C) groups is 1. The molecule has 1 heterocycles. The van der Waals surface area contributed by atoms with Gasteiger partial charge in [0, 0.05) is 39.1 Å². The van der Waals surface area contributed by atoms with E-state index in [1.807, 2.05) is 0 Å². The van der Waals surface area contributed by atoms with Gasteiger partial charge >= 0.3 is 6.18 Å². The Bertz CT molecular complexity index is 796. The summed E-state index contributed by atoms with van der Waals surface area (Å²) >= 11 is 0. The molecule has 0 atom stereocenters. The van der Waals surface area contributed by atoms with E-state index in [0.717, 1.165) is 5.56 Å². The first-order valence-electron chi connectivity index (χ1n) is 8.78. The van der Waals surface area contributed by atoms with Gasteiger partial charge in [-0.15, -0.1) is 0 Å². The smallest absolute Gasteiger partial charge is 0.422 e. The Labute approximate surface area is 166 Å². The normalized spacial score (nSPS) is 11.7. The van der Waals surface area contributed by atoms with Gasteiger partial charge in [0.15, 0.2) is 12.6 Å². The van der Waals surface area contributed by atoms with Gasteiger partial charge in [-0.25, -0.2) is 0 Å². The second-order valence-electron chi connectivity index (χ2n) is 5.90. The molecule has 0 aliphatic heterocycles. The van der Waals surface area contributed by atoms with Gasteiger partial charge in [0.05, 0.1) is 5.56 Å². The van der Waals surface area contributed by atoms with Crippen molar-refractivity contribution in [3.8, 4) is 5.75 Å². The number of hydrogen-bond donors (Lipinski definition) is 3. The lowest BCUT2D eigenvalue weighted by molar-refractivity contribution is -0.153. The summed E-state index contributed by atoms with van der Waals surface area (Å²) in [4.78, 5) is 19.9. The summed E-state index contributed by atoms with van der Waals surface area (Å²) in [6.07, 6.45) is -1.28. The van der Waals surface area contributed by atoms with Gasteiger partial charge in [-0.05, 0) is 29.8 Å². The Morgan fingerprint density at radius 3 is 2.45 bits per heavy atom. The van der Waals surface area contributed by atoms with Crippen LogP contribution in [0.3, 0.4) is 0 Å². The number of carbonyl (C=O) groups excluding carboxylic acids is 1. The van der Waals surface area contributed by atoms with Gasteiger partial charge < -0.3 is 20.7 Å². The van der Waals surface area contributed by atoms with Gasteiger partial charge in [-0.1, -0.05) is 12.1 Å². The molecule has 10 heteroatoms. The zero-order valence-electron chi connectivity index (χ0n) is 15.8. The number of nitrogens with one attached hydrogen (secondary N) is 3. The molecule has 0 saturated carbocycles. The predicted octanol–water partition coefficient (Wildman–Crippen LogP) is 2.12. The van der Waals surface area contributed by atoms with E-state index in [4.69, 9.17) is 0 Å². The molecule has 29 heavy (non-hydrogen) atoms. The van der Waals surface area contributed by atoms with E-state index in [2.05, 4.69) is 30.7 Å². The average molecular weight is 409 g/mol. The van der Waals surface area contributed by atoms with Gasteiger partial charge in [-0.3, -0.25) is 14.8 Å². The lowest BCUT2D eigenvalue weighted by Crippen LogP contribution is -2.41. The quantitative estimate of drug-likeness (QED) is 0.353. The minimum Gasteiger partial charge on any atom is -0.484 e. The zero-order valence-corrected chi connectivity index (χ0v) is 15.8. The van der Waals surface area contributed by atoms with Gasteiger partial charge in [0.2, 0.25) is 0 Å². The molecule has 0 bridgehead atoms. The lowest BCUT2D eigenvalue weighted by Gasteiger charge is -2.13. The van der Waals surface area contributed by atoms with E-state index in [1.54, 1.807) is 37.5 Å². The van der Waals surface area contributed by atoms with E-state index in [-0.39, 0.29) is 11.7 Å². The first-order valence-corrected chi connectivity index (χ1v) is 8.78. The second kappa shape index (κ2) is 10.9. The molecular weight excluding hydrogens is 387 g/mol. The first-order chi connectivity index (χ1) is 13.9. The van der Waals surface area contributed by atoms with Crippen LogP contribution in [0.2, 0.25) is 0 Å². The van der Waals surface area contributed by atoms with Gasteiger partial charge in [0.25, 0.3) is 5.91 Å². The molecular formula is C19H22F3N5O2. The second-order valence-corrected chi connectivity index (χ2v) is 5.90. The number of aromatic nitrogens is 1. The molecule has 3 N–H and O–H groups in total. The maximum Gasteiger partial charge on any atom is 0.422 e. The Morgan fingerprint density at radius 1 is 1.10 bits per heavy atom. The van der Waals surface area contributed by atoms with Crippen molar-refractivity contribution in [1.29, 1.82) is 0 Å². The van der Waals surface area contributed by atoms with E-state index in [1.165, 1.54) is 18.3 Å². The fourth-order valence-corrected chi connectivity index (χ4v) is 2.23. The Balaban J connectivity index is 1.69. The number of benzene rings is 1. The topological polar surface area (TPSA) is 87.6 Å². The van der Waals surface area contributed by atoms with Crippen molar-refractivity contribution in [2.75, 3.05) is 26.7 Å². The van der Waals surface area contributed by atoms with Crippen LogP contribution in [0, 0.1) is 0 Å². The van der Waals surface area contributed by atoms with Crippen molar-refractivity contribution < 1.29 is 22.7 Å². The van der Waals surface area contributed by atoms with E-state index < -0.39 is 12.8 Å². The highest BCUT2D eigenvalue weighted by Crippen LogP contribution is 2.18. The zero-order chi connectivity index (χ0) is 21.1. The van der Waals surface area contributed by atoms with Crippen molar-refractivity contribution in [2.45, 2.75) is 12.7 Å². The molecule has 7 nitrogen and oxygen atoms in total. The lowest BCUT2D eigenvalue weighted by atomic mass is 10.2. The van der Waals surface area contributed by atoms with Crippen LogP contribution in [0.25, 0.3) is 0 Å². The molecule has 0 unspecified atom stereocenters. The monoisotopic (exact) mass is 409 g/mol.